The third-order valence-electron chi connectivity index (χ3n) is 1.04. The summed E-state index contributed by atoms with van der Waals surface area (Å²) in [6.07, 6.45) is -25.3. The Balaban J connectivity index is 4.69. The van der Waals surface area contributed by atoms with Gasteiger partial charge in [0.1, 0.15) is 0 Å². The first kappa shape index (κ1) is 17.6. The Kier molecular flexibility index (Phi) is 4.84. The molecule has 0 aromatic rings. The Morgan fingerprint density at radius 2 is 0.833 bits per heavy atom. The Labute approximate surface area is 92.3 Å². The van der Waals surface area contributed by atoms with Gasteiger partial charge in [0.15, 0.2) is 0 Å². The third-order valence-corrected chi connectivity index (χ3v) is 1.80. The molecule has 0 rings (SSSR count). The molecule has 0 aliphatic carbocycles. The predicted molar refractivity (Wildman–Crippen MR) is 31.1 cm³/mol. The Hall–Kier alpha value is -0.390. The standard InChI is InChI=1S/C4F10O3P/c5-1(6,7)3(11,12)16-18(15)17-4(13,14)2(8,9)10/q-1. The summed E-state index contributed by atoms with van der Waals surface area (Å²) in [5.74, 6) is 0. The maximum atomic E-state index is 11.9. The zero-order valence-electron chi connectivity index (χ0n) is 7.45. The van der Waals surface area contributed by atoms with Gasteiger partial charge in [-0.05, 0) is 0 Å². The molecule has 0 N–H and O–H groups in total. The van der Waals surface area contributed by atoms with Gasteiger partial charge in [0.25, 0.3) is 0 Å². The van der Waals surface area contributed by atoms with Crippen LogP contribution in [0.25, 0.3) is 0 Å². The quantitative estimate of drug-likeness (QED) is 0.591. The average molecular weight is 317 g/mol. The first-order valence-electron chi connectivity index (χ1n) is 3.35. The van der Waals surface area contributed by atoms with E-state index in [0.29, 0.717) is 0 Å². The fourth-order valence-electron chi connectivity index (χ4n) is 0.309. The van der Waals surface area contributed by atoms with Gasteiger partial charge < -0.3 is 4.89 Å². The summed E-state index contributed by atoms with van der Waals surface area (Å²) < 4.78 is 120. The van der Waals surface area contributed by atoms with E-state index in [4.69, 9.17) is 0 Å². The van der Waals surface area contributed by atoms with Crippen molar-refractivity contribution in [2.24, 2.45) is 0 Å². The molecule has 110 valence electrons. The lowest BCUT2D eigenvalue weighted by molar-refractivity contribution is -0.400. The molecule has 0 bridgehead atoms. The first-order valence-corrected chi connectivity index (χ1v) is 4.44. The molecule has 0 spiro atoms. The molecule has 0 saturated carbocycles. The Morgan fingerprint density at radius 3 is 1.00 bits per heavy atom. The van der Waals surface area contributed by atoms with Gasteiger partial charge in [0, 0.05) is 0 Å². The number of rotatable bonds is 4. The molecular formula is C4F10O3P-. The molecule has 0 radical (unpaired) electrons. The first-order chi connectivity index (χ1) is 7.60. The van der Waals surface area contributed by atoms with Crippen molar-refractivity contribution in [1.29, 1.82) is 0 Å². The predicted octanol–water partition coefficient (Wildman–Crippen LogP) is 2.92. The van der Waals surface area contributed by atoms with E-state index in [9.17, 15) is 48.8 Å². The summed E-state index contributed by atoms with van der Waals surface area (Å²) >= 11 is 0. The van der Waals surface area contributed by atoms with Crippen LogP contribution in [0.1, 0.15) is 0 Å². The highest BCUT2D eigenvalue weighted by Crippen LogP contribution is 2.50. The van der Waals surface area contributed by atoms with Crippen LogP contribution in [0.3, 0.4) is 0 Å². The molecule has 0 aromatic heterocycles. The lowest BCUT2D eigenvalue weighted by Crippen LogP contribution is -2.42. The van der Waals surface area contributed by atoms with E-state index in [-0.39, 0.29) is 0 Å². The van der Waals surface area contributed by atoms with E-state index in [1.165, 1.54) is 0 Å². The topological polar surface area (TPSA) is 41.5 Å². The van der Waals surface area contributed by atoms with E-state index in [0.717, 1.165) is 0 Å². The monoisotopic (exact) mass is 317 g/mol. The molecule has 14 heteroatoms. The smallest absolute Gasteiger partial charge is 0.483 e. The average Bonchev–Trinajstić information content (AvgIpc) is 1.95. The van der Waals surface area contributed by atoms with E-state index < -0.39 is 33.2 Å². The summed E-state index contributed by atoms with van der Waals surface area (Å²) in [6.45, 7) is 0. The second-order valence-corrected chi connectivity index (χ2v) is 3.25. The molecule has 3 nitrogen and oxygen atoms in total. The van der Waals surface area contributed by atoms with Gasteiger partial charge in [0.05, 0.1) is 8.60 Å². The van der Waals surface area contributed by atoms with E-state index in [1.807, 2.05) is 0 Å². The molecule has 0 aliphatic rings. The van der Waals surface area contributed by atoms with Gasteiger partial charge >= 0.3 is 24.6 Å². The van der Waals surface area contributed by atoms with Crippen LogP contribution in [-0.4, -0.2) is 24.6 Å². The second kappa shape index (κ2) is 4.94. The largest absolute Gasteiger partial charge is 0.786 e. The number of hydrogen-bond acceptors (Lipinski definition) is 3. The van der Waals surface area contributed by atoms with Crippen molar-refractivity contribution in [2.45, 2.75) is 24.6 Å². The van der Waals surface area contributed by atoms with Crippen molar-refractivity contribution in [3.8, 4) is 0 Å². The molecule has 0 aromatic carbocycles. The van der Waals surface area contributed by atoms with Gasteiger partial charge in [-0.15, -0.1) is 0 Å². The van der Waals surface area contributed by atoms with Crippen LogP contribution in [0.4, 0.5) is 43.9 Å². The number of alkyl halides is 10. The van der Waals surface area contributed by atoms with Crippen LogP contribution < -0.4 is 4.89 Å². The Bertz CT molecular complexity index is 256. The summed E-state index contributed by atoms with van der Waals surface area (Å²) in [4.78, 5) is 10.1. The van der Waals surface area contributed by atoms with Crippen molar-refractivity contribution >= 4 is 8.60 Å². The molecule has 0 fully saturated rings. The molecule has 0 unspecified atom stereocenters. The van der Waals surface area contributed by atoms with Gasteiger partial charge in [-0.3, -0.25) is 9.05 Å². The highest BCUT2D eigenvalue weighted by atomic mass is 31.2. The van der Waals surface area contributed by atoms with Gasteiger partial charge in [-0.1, -0.05) is 0 Å². The summed E-state index contributed by atoms with van der Waals surface area (Å²) in [5, 5.41) is 0. The van der Waals surface area contributed by atoms with Crippen LogP contribution in [0, 0.1) is 0 Å². The van der Waals surface area contributed by atoms with E-state index in [2.05, 4.69) is 9.05 Å². The minimum atomic E-state index is -6.46. The molecule has 0 amide bonds. The van der Waals surface area contributed by atoms with Crippen LogP contribution in [0.15, 0.2) is 0 Å². The fourth-order valence-corrected chi connectivity index (χ4v) is 0.928. The van der Waals surface area contributed by atoms with E-state index >= 15 is 0 Å². The summed E-state index contributed by atoms with van der Waals surface area (Å²) in [7, 11) is -5.08. The highest BCUT2D eigenvalue weighted by Gasteiger charge is 2.63. The Morgan fingerprint density at radius 1 is 0.611 bits per heavy atom. The third kappa shape index (κ3) is 4.37. The minimum Gasteiger partial charge on any atom is -0.786 e. The van der Waals surface area contributed by atoms with Crippen LogP contribution in [-0.2, 0) is 9.05 Å². The number of hydrogen-bond donors (Lipinski definition) is 0. The van der Waals surface area contributed by atoms with Crippen LogP contribution in [0.2, 0.25) is 0 Å². The lowest BCUT2D eigenvalue weighted by atomic mass is 10.6. The van der Waals surface area contributed by atoms with Gasteiger partial charge in [-0.2, -0.15) is 43.9 Å². The molecule has 0 atom stereocenters. The maximum absolute atomic E-state index is 11.9. The molecular weight excluding hydrogens is 317 g/mol. The second-order valence-electron chi connectivity index (χ2n) is 2.44. The van der Waals surface area contributed by atoms with Crippen molar-refractivity contribution in [3.05, 3.63) is 0 Å². The molecule has 0 saturated heterocycles. The van der Waals surface area contributed by atoms with Gasteiger partial charge in [0.2, 0.25) is 0 Å². The zero-order chi connectivity index (χ0) is 15.0. The normalized spacial score (nSPS) is 15.3. The molecule has 0 aliphatic heterocycles. The number of halogens is 10. The van der Waals surface area contributed by atoms with E-state index in [1.54, 1.807) is 0 Å². The zero-order valence-corrected chi connectivity index (χ0v) is 8.35. The summed E-state index contributed by atoms with van der Waals surface area (Å²) in [6, 6.07) is 0. The summed E-state index contributed by atoms with van der Waals surface area (Å²) in [5.41, 5.74) is 0. The van der Waals surface area contributed by atoms with Crippen molar-refractivity contribution in [1.82, 2.24) is 0 Å². The van der Waals surface area contributed by atoms with Crippen LogP contribution >= 0.6 is 8.60 Å². The van der Waals surface area contributed by atoms with Crippen molar-refractivity contribution in [2.75, 3.05) is 0 Å². The minimum absolute atomic E-state index is 2.18. The molecule has 18 heavy (non-hydrogen) atoms. The van der Waals surface area contributed by atoms with Crippen LogP contribution in [0.5, 0.6) is 0 Å². The maximum Gasteiger partial charge on any atom is 0.483 e. The lowest BCUT2D eigenvalue weighted by Gasteiger charge is -2.31. The van der Waals surface area contributed by atoms with Crippen molar-refractivity contribution < 1.29 is 57.8 Å². The SMILES string of the molecule is [O-]P(OC(F)(F)C(F)(F)F)OC(F)(F)C(F)(F)F. The molecule has 0 heterocycles. The highest BCUT2D eigenvalue weighted by molar-refractivity contribution is 7.39. The van der Waals surface area contributed by atoms with Crippen molar-refractivity contribution in [3.63, 3.8) is 0 Å². The fraction of sp³-hybridized carbons (Fsp3) is 1.00. The van der Waals surface area contributed by atoms with Gasteiger partial charge in [-0.25, -0.2) is 0 Å².